The van der Waals surface area contributed by atoms with Crippen molar-refractivity contribution < 1.29 is 14.2 Å². The fraction of sp³-hybridized carbons (Fsp3) is 0.154. The maximum absolute atomic E-state index is 6.61. The van der Waals surface area contributed by atoms with Gasteiger partial charge in [0.1, 0.15) is 24.2 Å². The number of rotatable bonds is 4. The Balaban J connectivity index is 1.63. The van der Waals surface area contributed by atoms with E-state index in [2.05, 4.69) is 27.5 Å². The molecule has 3 aromatic carbocycles. The molecule has 0 radical (unpaired) electrons. The Kier molecular flexibility index (Phi) is 4.92. The van der Waals surface area contributed by atoms with Crippen LogP contribution in [0.25, 0.3) is 5.70 Å². The van der Waals surface area contributed by atoms with Crippen LogP contribution in [0.5, 0.6) is 17.2 Å². The molecule has 2 atom stereocenters. The summed E-state index contributed by atoms with van der Waals surface area (Å²) in [5.74, 6) is 2.69. The molecular formula is C26H21ClN4O3. The third-order valence-corrected chi connectivity index (χ3v) is 6.44. The summed E-state index contributed by atoms with van der Waals surface area (Å²) in [4.78, 5) is 4.47. The molecule has 8 heteroatoms. The van der Waals surface area contributed by atoms with E-state index in [9.17, 15) is 0 Å². The molecule has 0 aliphatic carbocycles. The highest BCUT2D eigenvalue weighted by atomic mass is 35.5. The van der Waals surface area contributed by atoms with Crippen molar-refractivity contribution in [3.05, 3.63) is 100 Å². The van der Waals surface area contributed by atoms with E-state index in [0.29, 0.717) is 22.5 Å². The number of ether oxygens (including phenoxy) is 3. The van der Waals surface area contributed by atoms with Gasteiger partial charge in [-0.2, -0.15) is 10.1 Å². The Bertz CT molecular complexity index is 1420. The summed E-state index contributed by atoms with van der Waals surface area (Å²) in [7, 11) is 3.25. The van der Waals surface area contributed by atoms with Gasteiger partial charge in [0.2, 0.25) is 5.95 Å². The minimum absolute atomic E-state index is 0.300. The van der Waals surface area contributed by atoms with Crippen LogP contribution in [0.4, 0.5) is 5.95 Å². The molecule has 0 fully saturated rings. The first-order valence-electron chi connectivity index (χ1n) is 10.8. The minimum Gasteiger partial charge on any atom is -0.493 e. The van der Waals surface area contributed by atoms with Crippen molar-refractivity contribution >= 4 is 23.2 Å². The number of methoxy groups -OCH3 is 2. The number of aromatic nitrogens is 3. The molecule has 0 spiro atoms. The molecule has 0 bridgehead atoms. The Hall–Kier alpha value is -3.97. The van der Waals surface area contributed by atoms with Crippen molar-refractivity contribution in [3.63, 3.8) is 0 Å². The number of halogens is 1. The van der Waals surface area contributed by atoms with Crippen LogP contribution in [0.3, 0.4) is 0 Å². The highest BCUT2D eigenvalue weighted by Gasteiger charge is 2.41. The average molecular weight is 473 g/mol. The van der Waals surface area contributed by atoms with Gasteiger partial charge in [-0.25, -0.2) is 4.68 Å². The Labute approximate surface area is 201 Å². The van der Waals surface area contributed by atoms with Crippen molar-refractivity contribution in [2.24, 2.45) is 0 Å². The molecule has 7 nitrogen and oxygen atoms in total. The lowest BCUT2D eigenvalue weighted by atomic mass is 9.84. The lowest BCUT2D eigenvalue weighted by Crippen LogP contribution is -2.32. The minimum atomic E-state index is -0.354. The fourth-order valence-electron chi connectivity index (χ4n) is 4.69. The van der Waals surface area contributed by atoms with E-state index in [-0.39, 0.29) is 12.1 Å². The molecule has 170 valence electrons. The fourth-order valence-corrected chi connectivity index (χ4v) is 4.86. The summed E-state index contributed by atoms with van der Waals surface area (Å²) in [5, 5.41) is 8.68. The smallest absolute Gasteiger partial charge is 0.226 e. The van der Waals surface area contributed by atoms with E-state index in [1.54, 1.807) is 20.5 Å². The van der Waals surface area contributed by atoms with Crippen LogP contribution >= 0.6 is 11.6 Å². The van der Waals surface area contributed by atoms with Gasteiger partial charge >= 0.3 is 0 Å². The predicted octanol–water partition coefficient (Wildman–Crippen LogP) is 5.51. The van der Waals surface area contributed by atoms with Crippen LogP contribution in [-0.4, -0.2) is 29.0 Å². The molecule has 0 unspecified atom stereocenters. The first kappa shape index (κ1) is 20.6. The number of hydrogen-bond donors (Lipinski definition) is 1. The third-order valence-electron chi connectivity index (χ3n) is 6.20. The van der Waals surface area contributed by atoms with Gasteiger partial charge in [0, 0.05) is 16.2 Å². The molecule has 0 saturated heterocycles. The van der Waals surface area contributed by atoms with Crippen molar-refractivity contribution in [1.29, 1.82) is 0 Å². The first-order valence-corrected chi connectivity index (χ1v) is 11.2. The van der Waals surface area contributed by atoms with Crippen LogP contribution in [0.15, 0.2) is 78.6 Å². The number of hydrogen-bond acceptors (Lipinski definition) is 6. The molecule has 2 aliphatic heterocycles. The van der Waals surface area contributed by atoms with Gasteiger partial charge in [0.05, 0.1) is 19.9 Å². The normalized spacial score (nSPS) is 18.2. The molecule has 4 aromatic rings. The van der Waals surface area contributed by atoms with Gasteiger partial charge < -0.3 is 19.5 Å². The molecule has 0 saturated carbocycles. The summed E-state index contributed by atoms with van der Waals surface area (Å²) >= 11 is 6.40. The van der Waals surface area contributed by atoms with Gasteiger partial charge in [-0.15, -0.1) is 0 Å². The maximum Gasteiger partial charge on any atom is 0.226 e. The van der Waals surface area contributed by atoms with E-state index in [4.69, 9.17) is 25.8 Å². The van der Waals surface area contributed by atoms with Gasteiger partial charge in [-0.3, -0.25) is 0 Å². The van der Waals surface area contributed by atoms with Crippen molar-refractivity contribution in [2.45, 2.75) is 12.1 Å². The molecule has 1 N–H and O–H groups in total. The average Bonchev–Trinajstić information content (AvgIpc) is 3.35. The van der Waals surface area contributed by atoms with E-state index in [1.807, 2.05) is 59.3 Å². The third kappa shape index (κ3) is 3.20. The van der Waals surface area contributed by atoms with Crippen molar-refractivity contribution in [2.75, 3.05) is 19.5 Å². The van der Waals surface area contributed by atoms with Gasteiger partial charge in [-0.05, 0) is 41.5 Å². The summed E-state index contributed by atoms with van der Waals surface area (Å²) in [6.45, 7) is 0. The maximum atomic E-state index is 6.61. The number of fused-ring (bicyclic) bond motifs is 3. The van der Waals surface area contributed by atoms with E-state index in [0.717, 1.165) is 33.7 Å². The predicted molar refractivity (Wildman–Crippen MR) is 130 cm³/mol. The van der Waals surface area contributed by atoms with Gasteiger partial charge in [-0.1, -0.05) is 48.0 Å². The number of nitrogens with zero attached hydrogens (tertiary/aromatic N) is 3. The van der Waals surface area contributed by atoms with Gasteiger partial charge in [0.15, 0.2) is 11.5 Å². The molecule has 3 heterocycles. The van der Waals surface area contributed by atoms with Crippen LogP contribution in [0.1, 0.15) is 28.8 Å². The number of benzene rings is 3. The molecule has 2 aliphatic rings. The molecule has 1 aromatic heterocycles. The van der Waals surface area contributed by atoms with Crippen LogP contribution in [0, 0.1) is 0 Å². The standard InChI is InChI=1S/C26H21ClN4O3/c1-32-20-10-8-16(12-21(20)33-2)24-22-23(30-26-28-14-29-31(24)26)18-13-17(27)9-11-19(18)34-25(22)15-6-4-3-5-7-15/h3-14,24-25H,1-2H3,(H,28,29,30)/t24-,25+/m0/s1. The number of nitrogens with one attached hydrogen (secondary N) is 1. The lowest BCUT2D eigenvalue weighted by molar-refractivity contribution is 0.223. The zero-order chi connectivity index (χ0) is 23.2. The second-order valence-corrected chi connectivity index (χ2v) is 8.49. The van der Waals surface area contributed by atoms with E-state index < -0.39 is 0 Å². The highest BCUT2D eigenvalue weighted by molar-refractivity contribution is 6.30. The topological polar surface area (TPSA) is 70.4 Å². The monoisotopic (exact) mass is 472 g/mol. The van der Waals surface area contributed by atoms with E-state index in [1.165, 1.54) is 0 Å². The van der Waals surface area contributed by atoms with Crippen molar-refractivity contribution in [1.82, 2.24) is 14.8 Å². The molecule has 34 heavy (non-hydrogen) atoms. The first-order chi connectivity index (χ1) is 16.7. The summed E-state index contributed by atoms with van der Waals surface area (Å²) in [6, 6.07) is 21.4. The summed E-state index contributed by atoms with van der Waals surface area (Å²) < 4.78 is 19.6. The Morgan fingerprint density at radius 1 is 0.941 bits per heavy atom. The van der Waals surface area contributed by atoms with Crippen LogP contribution < -0.4 is 19.5 Å². The van der Waals surface area contributed by atoms with Gasteiger partial charge in [0.25, 0.3) is 0 Å². The second kappa shape index (κ2) is 8.11. The van der Waals surface area contributed by atoms with Crippen molar-refractivity contribution in [3.8, 4) is 17.2 Å². The Morgan fingerprint density at radius 3 is 2.56 bits per heavy atom. The summed E-state index contributed by atoms with van der Waals surface area (Å²) in [6.07, 6.45) is 1.19. The van der Waals surface area contributed by atoms with E-state index >= 15 is 0 Å². The largest absolute Gasteiger partial charge is 0.493 e. The SMILES string of the molecule is COc1ccc([C@H]2C3=C(Nc4ncnn42)c2cc(Cl)ccc2O[C@@H]3c2ccccc2)cc1OC. The zero-order valence-electron chi connectivity index (χ0n) is 18.5. The number of anilines is 1. The van der Waals surface area contributed by atoms with Crippen LogP contribution in [0.2, 0.25) is 5.02 Å². The summed E-state index contributed by atoms with van der Waals surface area (Å²) in [5.41, 5.74) is 4.80. The second-order valence-electron chi connectivity index (χ2n) is 8.05. The molecule has 0 amide bonds. The lowest BCUT2D eigenvalue weighted by Gasteiger charge is -2.39. The molecular weight excluding hydrogens is 452 g/mol. The zero-order valence-corrected chi connectivity index (χ0v) is 19.3. The van der Waals surface area contributed by atoms with Crippen LogP contribution in [-0.2, 0) is 0 Å². The Morgan fingerprint density at radius 2 is 1.76 bits per heavy atom. The highest BCUT2D eigenvalue weighted by Crippen LogP contribution is 2.51. The molecule has 6 rings (SSSR count). The quantitative estimate of drug-likeness (QED) is 0.422.